The Morgan fingerprint density at radius 3 is 2.67 bits per heavy atom. The van der Waals surface area contributed by atoms with Crippen molar-refractivity contribution in [1.82, 2.24) is 9.88 Å². The molecule has 2 aromatic carbocycles. The number of rotatable bonds is 7. The molecule has 0 aliphatic carbocycles. The quantitative estimate of drug-likeness (QED) is 0.698. The van der Waals surface area contributed by atoms with Crippen molar-refractivity contribution < 1.29 is 9.13 Å². The van der Waals surface area contributed by atoms with Gasteiger partial charge in [0.1, 0.15) is 0 Å². The Bertz CT molecular complexity index is 798. The van der Waals surface area contributed by atoms with Crippen LogP contribution in [0.2, 0.25) is 0 Å². The lowest BCUT2D eigenvalue weighted by Gasteiger charge is -2.20. The number of H-pyrrole nitrogens is 1. The highest BCUT2D eigenvalue weighted by atomic mass is 19.1. The highest BCUT2D eigenvalue weighted by molar-refractivity contribution is 5.84. The van der Waals surface area contributed by atoms with Crippen LogP contribution in [0, 0.1) is 5.82 Å². The number of likely N-dealkylation sites (N-methyl/N-ethyl adjacent to an activating group) is 1. The van der Waals surface area contributed by atoms with Gasteiger partial charge in [0.25, 0.3) is 0 Å². The Hall–Kier alpha value is -2.33. The molecular formula is C20H23FN2O. The van der Waals surface area contributed by atoms with Crippen LogP contribution in [-0.4, -0.2) is 30.1 Å². The summed E-state index contributed by atoms with van der Waals surface area (Å²) in [6.07, 6.45) is 2.88. The molecule has 1 N–H and O–H groups in total. The Labute approximate surface area is 142 Å². The average molecular weight is 326 g/mol. The molecule has 0 unspecified atom stereocenters. The topological polar surface area (TPSA) is 28.3 Å². The van der Waals surface area contributed by atoms with Gasteiger partial charge in [-0.1, -0.05) is 37.3 Å². The van der Waals surface area contributed by atoms with Gasteiger partial charge in [0.15, 0.2) is 11.6 Å². The maximum absolute atomic E-state index is 13.8. The summed E-state index contributed by atoms with van der Waals surface area (Å²) in [7, 11) is 1.50. The number of hydrogen-bond acceptors (Lipinski definition) is 2. The molecule has 0 radical (unpaired) electrons. The molecule has 0 saturated carbocycles. The molecule has 24 heavy (non-hydrogen) atoms. The molecule has 4 heteroatoms. The summed E-state index contributed by atoms with van der Waals surface area (Å²) in [6, 6.07) is 13.8. The minimum absolute atomic E-state index is 0.292. The lowest BCUT2D eigenvalue weighted by Crippen LogP contribution is -2.25. The maximum atomic E-state index is 13.8. The lowest BCUT2D eigenvalue weighted by atomic mass is 10.1. The Balaban J connectivity index is 1.72. The van der Waals surface area contributed by atoms with Crippen LogP contribution in [0.5, 0.6) is 5.75 Å². The second kappa shape index (κ2) is 7.49. The zero-order valence-electron chi connectivity index (χ0n) is 14.2. The fourth-order valence-electron chi connectivity index (χ4n) is 3.01. The number of benzene rings is 2. The van der Waals surface area contributed by atoms with Crippen LogP contribution in [0.1, 0.15) is 18.1 Å². The van der Waals surface area contributed by atoms with Gasteiger partial charge in [-0.15, -0.1) is 0 Å². The first-order valence-corrected chi connectivity index (χ1v) is 8.31. The predicted molar refractivity (Wildman–Crippen MR) is 95.9 cm³/mol. The molecule has 1 aromatic heterocycles. The van der Waals surface area contributed by atoms with Crippen LogP contribution in [0.3, 0.4) is 0 Å². The van der Waals surface area contributed by atoms with E-state index >= 15 is 0 Å². The van der Waals surface area contributed by atoms with E-state index in [0.29, 0.717) is 5.75 Å². The van der Waals surface area contributed by atoms with Gasteiger partial charge < -0.3 is 9.72 Å². The SMILES string of the molecule is CCN(CCc1c[nH]c2cc(F)c(OC)cc12)Cc1ccccc1. The molecule has 0 fully saturated rings. The summed E-state index contributed by atoms with van der Waals surface area (Å²) in [6.45, 7) is 5.07. The number of ether oxygens (including phenoxy) is 1. The molecule has 0 aliphatic heterocycles. The predicted octanol–water partition coefficient (Wildman–Crippen LogP) is 4.38. The fraction of sp³-hybridized carbons (Fsp3) is 0.300. The number of fused-ring (bicyclic) bond motifs is 1. The number of nitrogens with one attached hydrogen (secondary N) is 1. The molecular weight excluding hydrogens is 303 g/mol. The summed E-state index contributed by atoms with van der Waals surface area (Å²) in [5, 5.41) is 1.03. The normalized spacial score (nSPS) is 11.3. The number of halogens is 1. The van der Waals surface area contributed by atoms with Gasteiger partial charge in [-0.2, -0.15) is 0 Å². The van der Waals surface area contributed by atoms with Crippen molar-refractivity contribution >= 4 is 10.9 Å². The third kappa shape index (κ3) is 3.60. The summed E-state index contributed by atoms with van der Waals surface area (Å²) in [5.41, 5.74) is 3.33. The number of nitrogens with zero attached hydrogens (tertiary/aromatic N) is 1. The first-order valence-electron chi connectivity index (χ1n) is 8.31. The molecule has 1 heterocycles. The standard InChI is InChI=1S/C20H23FN2O/c1-3-23(14-15-7-5-4-6-8-15)10-9-16-13-22-19-12-18(21)20(24-2)11-17(16)19/h4-8,11-13,22H,3,9-10,14H2,1-2H3. The first kappa shape index (κ1) is 16.5. The highest BCUT2D eigenvalue weighted by Gasteiger charge is 2.11. The molecule has 0 saturated heterocycles. The van der Waals surface area contributed by atoms with Crippen LogP contribution < -0.4 is 4.74 Å². The zero-order chi connectivity index (χ0) is 16.9. The van der Waals surface area contributed by atoms with Crippen LogP contribution in [0.4, 0.5) is 4.39 Å². The maximum Gasteiger partial charge on any atom is 0.167 e. The average Bonchev–Trinajstić information content (AvgIpc) is 3.00. The van der Waals surface area contributed by atoms with Crippen LogP contribution >= 0.6 is 0 Å². The van der Waals surface area contributed by atoms with Crippen molar-refractivity contribution in [2.24, 2.45) is 0 Å². The van der Waals surface area contributed by atoms with E-state index in [1.54, 1.807) is 6.07 Å². The van der Waals surface area contributed by atoms with E-state index in [1.807, 2.05) is 12.3 Å². The Kier molecular flexibility index (Phi) is 5.16. The summed E-state index contributed by atoms with van der Waals surface area (Å²) in [4.78, 5) is 5.57. The fourth-order valence-corrected chi connectivity index (χ4v) is 3.01. The van der Waals surface area contributed by atoms with E-state index in [-0.39, 0.29) is 5.82 Å². The molecule has 0 aliphatic rings. The number of hydrogen-bond donors (Lipinski definition) is 1. The summed E-state index contributed by atoms with van der Waals surface area (Å²) < 4.78 is 18.9. The van der Waals surface area contributed by atoms with Crippen LogP contribution in [-0.2, 0) is 13.0 Å². The van der Waals surface area contributed by atoms with Gasteiger partial charge in [0.2, 0.25) is 0 Å². The number of methoxy groups -OCH3 is 1. The Morgan fingerprint density at radius 2 is 1.96 bits per heavy atom. The molecule has 3 rings (SSSR count). The second-order valence-electron chi connectivity index (χ2n) is 5.95. The van der Waals surface area contributed by atoms with Gasteiger partial charge in [-0.25, -0.2) is 4.39 Å². The number of aromatic amines is 1. The lowest BCUT2D eigenvalue weighted by molar-refractivity contribution is 0.284. The van der Waals surface area contributed by atoms with E-state index < -0.39 is 0 Å². The van der Waals surface area contributed by atoms with Gasteiger partial charge >= 0.3 is 0 Å². The van der Waals surface area contributed by atoms with Gasteiger partial charge in [-0.3, -0.25) is 4.90 Å². The van der Waals surface area contributed by atoms with Crippen LogP contribution in [0.15, 0.2) is 48.7 Å². The third-order valence-corrected chi connectivity index (χ3v) is 4.43. The van der Waals surface area contributed by atoms with E-state index in [9.17, 15) is 4.39 Å². The number of aromatic nitrogens is 1. The summed E-state index contributed by atoms with van der Waals surface area (Å²) >= 11 is 0. The van der Waals surface area contributed by atoms with Crippen molar-refractivity contribution in [3.05, 3.63) is 65.6 Å². The van der Waals surface area contributed by atoms with Crippen molar-refractivity contribution in [2.45, 2.75) is 19.9 Å². The van der Waals surface area contributed by atoms with Crippen LogP contribution in [0.25, 0.3) is 10.9 Å². The Morgan fingerprint density at radius 1 is 1.17 bits per heavy atom. The van der Waals surface area contributed by atoms with E-state index in [2.05, 4.69) is 41.1 Å². The van der Waals surface area contributed by atoms with Crippen molar-refractivity contribution in [3.8, 4) is 5.75 Å². The molecule has 0 atom stereocenters. The molecule has 0 spiro atoms. The first-order chi connectivity index (χ1) is 11.7. The van der Waals surface area contributed by atoms with E-state index in [4.69, 9.17) is 4.74 Å². The molecule has 126 valence electrons. The minimum Gasteiger partial charge on any atom is -0.494 e. The monoisotopic (exact) mass is 326 g/mol. The highest BCUT2D eigenvalue weighted by Crippen LogP contribution is 2.27. The largest absolute Gasteiger partial charge is 0.494 e. The summed E-state index contributed by atoms with van der Waals surface area (Å²) in [5.74, 6) is -0.0438. The minimum atomic E-state index is -0.335. The zero-order valence-corrected chi connectivity index (χ0v) is 14.2. The van der Waals surface area contributed by atoms with Gasteiger partial charge in [-0.05, 0) is 30.2 Å². The van der Waals surface area contributed by atoms with Gasteiger partial charge in [0.05, 0.1) is 7.11 Å². The molecule has 3 aromatic rings. The van der Waals surface area contributed by atoms with Gasteiger partial charge in [0, 0.05) is 36.3 Å². The van der Waals surface area contributed by atoms with Crippen molar-refractivity contribution in [2.75, 3.05) is 20.2 Å². The molecule has 3 nitrogen and oxygen atoms in total. The molecule has 0 amide bonds. The van der Waals surface area contributed by atoms with E-state index in [0.717, 1.165) is 37.0 Å². The van der Waals surface area contributed by atoms with Crippen molar-refractivity contribution in [1.29, 1.82) is 0 Å². The smallest absolute Gasteiger partial charge is 0.167 e. The molecule has 0 bridgehead atoms. The van der Waals surface area contributed by atoms with E-state index in [1.165, 1.54) is 24.3 Å². The second-order valence-corrected chi connectivity index (χ2v) is 5.95. The van der Waals surface area contributed by atoms with Crippen molar-refractivity contribution in [3.63, 3.8) is 0 Å². The third-order valence-electron chi connectivity index (χ3n) is 4.43.